The maximum Gasteiger partial charge on any atom is 0.227 e. The third-order valence-corrected chi connectivity index (χ3v) is 2.93. The van der Waals surface area contributed by atoms with Crippen LogP contribution in [-0.2, 0) is 9.59 Å². The van der Waals surface area contributed by atoms with Gasteiger partial charge < -0.3 is 10.6 Å². The minimum absolute atomic E-state index is 0.0589. The summed E-state index contributed by atoms with van der Waals surface area (Å²) in [7, 11) is 0. The number of hydrogen-bond donors (Lipinski definition) is 2. The van der Waals surface area contributed by atoms with Crippen LogP contribution in [0.15, 0.2) is 24.3 Å². The number of nitrogens with one attached hydrogen (secondary N) is 2. The summed E-state index contributed by atoms with van der Waals surface area (Å²) < 4.78 is 0. The molecule has 0 spiro atoms. The van der Waals surface area contributed by atoms with Crippen molar-refractivity contribution in [3.8, 4) is 0 Å². The van der Waals surface area contributed by atoms with Crippen LogP contribution in [0.4, 0.5) is 5.69 Å². The van der Waals surface area contributed by atoms with E-state index >= 15 is 0 Å². The fourth-order valence-electron chi connectivity index (χ4n) is 2.15. The lowest BCUT2D eigenvalue weighted by atomic mass is 9.96. The zero-order chi connectivity index (χ0) is 12.4. The minimum Gasteiger partial charge on any atom is -0.353 e. The van der Waals surface area contributed by atoms with Crippen molar-refractivity contribution >= 4 is 17.5 Å². The number of benzene rings is 1. The highest BCUT2D eigenvalue weighted by atomic mass is 16.2. The monoisotopic (exact) mass is 232 g/mol. The van der Waals surface area contributed by atoms with E-state index in [1.54, 1.807) is 0 Å². The van der Waals surface area contributed by atoms with Gasteiger partial charge in [0.05, 0.1) is 5.92 Å². The summed E-state index contributed by atoms with van der Waals surface area (Å²) in [6, 6.07) is 7.68. The van der Waals surface area contributed by atoms with Gasteiger partial charge in [-0.3, -0.25) is 9.59 Å². The van der Waals surface area contributed by atoms with Crippen molar-refractivity contribution in [2.45, 2.75) is 32.2 Å². The Kier molecular flexibility index (Phi) is 3.13. The molecule has 2 atom stereocenters. The summed E-state index contributed by atoms with van der Waals surface area (Å²) >= 11 is 0. The van der Waals surface area contributed by atoms with Crippen molar-refractivity contribution in [3.05, 3.63) is 29.8 Å². The van der Waals surface area contributed by atoms with Gasteiger partial charge in [0.2, 0.25) is 11.8 Å². The third kappa shape index (κ3) is 2.64. The molecule has 17 heavy (non-hydrogen) atoms. The number of rotatable bonds is 2. The number of carbonyl (C=O) groups is 2. The maximum atomic E-state index is 11.7. The first-order valence-corrected chi connectivity index (χ1v) is 5.74. The van der Waals surface area contributed by atoms with Gasteiger partial charge in [-0.25, -0.2) is 0 Å². The SMILES string of the molecule is CC(=O)Nc1ccc(C2CC(C)NC2=O)cc1. The standard InChI is InChI=1S/C13H16N2O2/c1-8-7-12(13(17)14-8)10-3-5-11(6-4-10)15-9(2)16/h3-6,8,12H,7H2,1-2H3,(H,14,17)(H,15,16). The lowest BCUT2D eigenvalue weighted by Crippen LogP contribution is -2.23. The molecule has 1 aromatic carbocycles. The van der Waals surface area contributed by atoms with Gasteiger partial charge in [0.25, 0.3) is 0 Å². The van der Waals surface area contributed by atoms with Crippen LogP contribution in [0.25, 0.3) is 0 Å². The molecule has 1 heterocycles. The number of hydrogen-bond acceptors (Lipinski definition) is 2. The van der Waals surface area contributed by atoms with E-state index in [9.17, 15) is 9.59 Å². The molecular weight excluding hydrogens is 216 g/mol. The minimum atomic E-state index is -0.0926. The zero-order valence-corrected chi connectivity index (χ0v) is 9.99. The normalized spacial score (nSPS) is 23.3. The number of amides is 2. The molecule has 0 aliphatic carbocycles. The molecule has 2 amide bonds. The van der Waals surface area contributed by atoms with Crippen LogP contribution in [0.1, 0.15) is 31.7 Å². The topological polar surface area (TPSA) is 58.2 Å². The average Bonchev–Trinajstić information content (AvgIpc) is 2.58. The average molecular weight is 232 g/mol. The molecule has 0 bridgehead atoms. The van der Waals surface area contributed by atoms with Crippen molar-refractivity contribution in [2.75, 3.05) is 5.32 Å². The largest absolute Gasteiger partial charge is 0.353 e. The Hall–Kier alpha value is -1.84. The van der Waals surface area contributed by atoms with E-state index in [2.05, 4.69) is 10.6 Å². The van der Waals surface area contributed by atoms with Gasteiger partial charge in [0.15, 0.2) is 0 Å². The highest BCUT2D eigenvalue weighted by Crippen LogP contribution is 2.27. The highest BCUT2D eigenvalue weighted by molar-refractivity contribution is 5.89. The molecule has 1 aliphatic heterocycles. The molecule has 1 aliphatic rings. The summed E-state index contributed by atoms with van der Waals surface area (Å²) in [4.78, 5) is 22.5. The fraction of sp³-hybridized carbons (Fsp3) is 0.385. The molecule has 0 radical (unpaired) electrons. The second kappa shape index (κ2) is 4.57. The van der Waals surface area contributed by atoms with E-state index < -0.39 is 0 Å². The summed E-state index contributed by atoms with van der Waals surface area (Å²) in [5.74, 6) is -0.0638. The van der Waals surface area contributed by atoms with Gasteiger partial charge in [-0.1, -0.05) is 12.1 Å². The maximum absolute atomic E-state index is 11.7. The summed E-state index contributed by atoms with van der Waals surface area (Å²) in [5, 5.41) is 5.61. The highest BCUT2D eigenvalue weighted by Gasteiger charge is 2.30. The second-order valence-electron chi connectivity index (χ2n) is 4.50. The van der Waals surface area contributed by atoms with Gasteiger partial charge >= 0.3 is 0 Å². The van der Waals surface area contributed by atoms with E-state index in [4.69, 9.17) is 0 Å². The molecule has 2 rings (SSSR count). The Morgan fingerprint density at radius 3 is 2.47 bits per heavy atom. The molecule has 0 aromatic heterocycles. The van der Waals surface area contributed by atoms with Crippen LogP contribution in [-0.4, -0.2) is 17.9 Å². The molecule has 1 fully saturated rings. The summed E-state index contributed by atoms with van der Waals surface area (Å²) in [6.45, 7) is 3.48. The van der Waals surface area contributed by atoms with Crippen LogP contribution in [0.2, 0.25) is 0 Å². The van der Waals surface area contributed by atoms with E-state index in [-0.39, 0.29) is 23.8 Å². The first-order valence-electron chi connectivity index (χ1n) is 5.74. The Labute approximate surface area is 100 Å². The van der Waals surface area contributed by atoms with E-state index in [1.807, 2.05) is 31.2 Å². The fourth-order valence-corrected chi connectivity index (χ4v) is 2.15. The van der Waals surface area contributed by atoms with Crippen LogP contribution in [0, 0.1) is 0 Å². The molecule has 1 saturated heterocycles. The van der Waals surface area contributed by atoms with Gasteiger partial charge in [-0.15, -0.1) is 0 Å². The summed E-state index contributed by atoms with van der Waals surface area (Å²) in [5.41, 5.74) is 1.76. The van der Waals surface area contributed by atoms with E-state index in [0.29, 0.717) is 0 Å². The Bertz CT molecular complexity index is 439. The molecule has 0 saturated carbocycles. The van der Waals surface area contributed by atoms with Crippen LogP contribution in [0.3, 0.4) is 0 Å². The lowest BCUT2D eigenvalue weighted by molar-refractivity contribution is -0.120. The van der Waals surface area contributed by atoms with Gasteiger partial charge in [0, 0.05) is 18.7 Å². The smallest absolute Gasteiger partial charge is 0.227 e. The first kappa shape index (κ1) is 11.6. The Morgan fingerprint density at radius 1 is 1.35 bits per heavy atom. The Morgan fingerprint density at radius 2 is 2.00 bits per heavy atom. The van der Waals surface area contributed by atoms with Crippen molar-refractivity contribution < 1.29 is 9.59 Å². The van der Waals surface area contributed by atoms with Crippen LogP contribution in [0.5, 0.6) is 0 Å². The third-order valence-electron chi connectivity index (χ3n) is 2.93. The van der Waals surface area contributed by atoms with Gasteiger partial charge in [0.1, 0.15) is 0 Å². The van der Waals surface area contributed by atoms with Crippen molar-refractivity contribution in [2.24, 2.45) is 0 Å². The molecule has 90 valence electrons. The lowest BCUT2D eigenvalue weighted by Gasteiger charge is -2.08. The first-order chi connectivity index (χ1) is 8.06. The van der Waals surface area contributed by atoms with Crippen LogP contribution >= 0.6 is 0 Å². The van der Waals surface area contributed by atoms with Crippen LogP contribution < -0.4 is 10.6 Å². The predicted molar refractivity (Wildman–Crippen MR) is 65.7 cm³/mol. The van der Waals surface area contributed by atoms with Crippen molar-refractivity contribution in [3.63, 3.8) is 0 Å². The molecule has 2 unspecified atom stereocenters. The van der Waals surface area contributed by atoms with E-state index in [1.165, 1.54) is 6.92 Å². The van der Waals surface area contributed by atoms with E-state index in [0.717, 1.165) is 17.7 Å². The van der Waals surface area contributed by atoms with Gasteiger partial charge in [-0.05, 0) is 31.0 Å². The van der Waals surface area contributed by atoms with Crippen molar-refractivity contribution in [1.29, 1.82) is 0 Å². The van der Waals surface area contributed by atoms with Crippen molar-refractivity contribution in [1.82, 2.24) is 5.32 Å². The zero-order valence-electron chi connectivity index (χ0n) is 9.99. The molecule has 4 nitrogen and oxygen atoms in total. The predicted octanol–water partition coefficient (Wildman–Crippen LogP) is 1.64. The second-order valence-corrected chi connectivity index (χ2v) is 4.50. The molecular formula is C13H16N2O2. The number of carbonyl (C=O) groups excluding carboxylic acids is 2. The summed E-state index contributed by atoms with van der Waals surface area (Å²) in [6.07, 6.45) is 0.832. The molecule has 1 aromatic rings. The molecule has 4 heteroatoms. The van der Waals surface area contributed by atoms with Gasteiger partial charge in [-0.2, -0.15) is 0 Å². The number of anilines is 1. The quantitative estimate of drug-likeness (QED) is 0.814. The Balaban J connectivity index is 2.12. The molecule has 2 N–H and O–H groups in total.